The first-order valence-corrected chi connectivity index (χ1v) is 5.85. The number of ether oxygens (including phenoxy) is 1. The molecular formula is C13H10F3NO2. The maximum atomic E-state index is 12.1. The van der Waals surface area contributed by atoms with E-state index in [1.54, 1.807) is 0 Å². The third-order valence-electron chi connectivity index (χ3n) is 3.07. The van der Waals surface area contributed by atoms with Crippen LogP contribution in [0.5, 0.6) is 5.75 Å². The summed E-state index contributed by atoms with van der Waals surface area (Å²) in [5, 5.41) is 0.200. The van der Waals surface area contributed by atoms with Crippen LogP contribution in [0.3, 0.4) is 0 Å². The summed E-state index contributed by atoms with van der Waals surface area (Å²) in [5.41, 5.74) is 1.09. The average molecular weight is 269 g/mol. The molecule has 1 aromatic heterocycles. The molecule has 0 unspecified atom stereocenters. The molecule has 6 heteroatoms. The Morgan fingerprint density at radius 3 is 2.58 bits per heavy atom. The van der Waals surface area contributed by atoms with Crippen LogP contribution in [0.1, 0.15) is 24.5 Å². The van der Waals surface area contributed by atoms with Crippen molar-refractivity contribution in [3.8, 4) is 5.75 Å². The molecule has 1 N–H and O–H groups in total. The minimum atomic E-state index is -4.76. The van der Waals surface area contributed by atoms with Crippen molar-refractivity contribution in [2.45, 2.75) is 25.1 Å². The highest BCUT2D eigenvalue weighted by Crippen LogP contribution is 2.39. The lowest BCUT2D eigenvalue weighted by atomic mass is 10.1. The minimum Gasteiger partial charge on any atom is -0.406 e. The fraction of sp³-hybridized carbons (Fsp3) is 0.308. The molecule has 0 spiro atoms. The van der Waals surface area contributed by atoms with E-state index in [0.29, 0.717) is 11.4 Å². The molecule has 3 nitrogen and oxygen atoms in total. The molecule has 3 rings (SSSR count). The summed E-state index contributed by atoms with van der Waals surface area (Å²) in [5.74, 6) is -0.00660. The van der Waals surface area contributed by atoms with Gasteiger partial charge in [0.25, 0.3) is 0 Å². The van der Waals surface area contributed by atoms with Crippen LogP contribution < -0.4 is 10.2 Å². The van der Waals surface area contributed by atoms with Gasteiger partial charge >= 0.3 is 6.36 Å². The second-order valence-corrected chi connectivity index (χ2v) is 4.62. The van der Waals surface area contributed by atoms with Crippen LogP contribution in [-0.2, 0) is 0 Å². The van der Waals surface area contributed by atoms with E-state index in [1.807, 2.05) is 0 Å². The second kappa shape index (κ2) is 4.01. The van der Waals surface area contributed by atoms with Gasteiger partial charge in [-0.2, -0.15) is 0 Å². The van der Waals surface area contributed by atoms with Crippen molar-refractivity contribution >= 4 is 10.9 Å². The van der Waals surface area contributed by atoms with Crippen molar-refractivity contribution < 1.29 is 17.9 Å². The van der Waals surface area contributed by atoms with Gasteiger partial charge < -0.3 is 9.72 Å². The Kier molecular flexibility index (Phi) is 2.55. The molecule has 100 valence electrons. The Bertz CT molecular complexity index is 686. The Balaban J connectivity index is 2.06. The highest BCUT2D eigenvalue weighted by Gasteiger charge is 2.31. The molecule has 1 saturated carbocycles. The number of alkyl halides is 3. The summed E-state index contributed by atoms with van der Waals surface area (Å²) >= 11 is 0. The number of benzene rings is 1. The number of hydrogen-bond donors (Lipinski definition) is 1. The molecule has 0 radical (unpaired) electrons. The number of halogens is 3. The predicted octanol–water partition coefficient (Wildman–Crippen LogP) is 3.30. The fourth-order valence-corrected chi connectivity index (χ4v) is 2.06. The van der Waals surface area contributed by atoms with Crippen LogP contribution >= 0.6 is 0 Å². The van der Waals surface area contributed by atoms with Gasteiger partial charge in [-0.25, -0.2) is 0 Å². The predicted molar refractivity (Wildman–Crippen MR) is 63.2 cm³/mol. The molecule has 2 aromatic rings. The summed E-state index contributed by atoms with van der Waals surface area (Å²) < 4.78 is 40.1. The van der Waals surface area contributed by atoms with Gasteiger partial charge in [0, 0.05) is 22.7 Å². The molecule has 0 bridgehead atoms. The summed E-state index contributed by atoms with van der Waals surface area (Å²) in [6, 6.07) is 5.20. The number of pyridine rings is 1. The van der Waals surface area contributed by atoms with E-state index in [4.69, 9.17) is 0 Å². The number of aromatic amines is 1. The van der Waals surface area contributed by atoms with E-state index in [2.05, 4.69) is 9.72 Å². The zero-order valence-electron chi connectivity index (χ0n) is 9.75. The highest BCUT2D eigenvalue weighted by atomic mass is 19.4. The van der Waals surface area contributed by atoms with Crippen molar-refractivity contribution in [1.82, 2.24) is 4.98 Å². The third kappa shape index (κ3) is 2.57. The van der Waals surface area contributed by atoms with Crippen LogP contribution in [0, 0.1) is 0 Å². The van der Waals surface area contributed by atoms with Crippen molar-refractivity contribution in [2.75, 3.05) is 0 Å². The molecule has 1 heterocycles. The maximum Gasteiger partial charge on any atom is 0.573 e. The average Bonchev–Trinajstić information content (AvgIpc) is 3.11. The van der Waals surface area contributed by atoms with Gasteiger partial charge in [-0.3, -0.25) is 4.79 Å². The number of rotatable bonds is 2. The van der Waals surface area contributed by atoms with Gasteiger partial charge in [-0.1, -0.05) is 0 Å². The minimum absolute atomic E-state index is 0.200. The molecule has 0 saturated heterocycles. The maximum absolute atomic E-state index is 12.1. The Hall–Kier alpha value is -1.98. The van der Waals surface area contributed by atoms with Crippen molar-refractivity contribution in [3.63, 3.8) is 0 Å². The highest BCUT2D eigenvalue weighted by molar-refractivity contribution is 5.80. The lowest BCUT2D eigenvalue weighted by Crippen LogP contribution is -2.17. The van der Waals surface area contributed by atoms with Crippen LogP contribution in [0.2, 0.25) is 0 Å². The molecule has 1 aliphatic rings. The first-order chi connectivity index (χ1) is 8.92. The van der Waals surface area contributed by atoms with Gasteiger partial charge in [0.15, 0.2) is 5.43 Å². The van der Waals surface area contributed by atoms with Gasteiger partial charge in [0.2, 0.25) is 0 Å². The first-order valence-electron chi connectivity index (χ1n) is 5.85. The number of fused-ring (bicyclic) bond motifs is 1. The van der Waals surface area contributed by atoms with Gasteiger partial charge in [-0.05, 0) is 37.0 Å². The van der Waals surface area contributed by atoms with Crippen LogP contribution in [0.4, 0.5) is 13.2 Å². The SMILES string of the molecule is O=c1cc(C2CC2)[nH]c2ccc(OC(F)(F)F)cc12. The van der Waals surface area contributed by atoms with Gasteiger partial charge in [-0.15, -0.1) is 13.2 Å². The lowest BCUT2D eigenvalue weighted by molar-refractivity contribution is -0.274. The summed E-state index contributed by atoms with van der Waals surface area (Å²) in [7, 11) is 0. The second-order valence-electron chi connectivity index (χ2n) is 4.62. The summed E-state index contributed by atoms with van der Waals surface area (Å²) in [6.45, 7) is 0. The Morgan fingerprint density at radius 1 is 1.21 bits per heavy atom. The lowest BCUT2D eigenvalue weighted by Gasteiger charge is -2.09. The smallest absolute Gasteiger partial charge is 0.406 e. The Morgan fingerprint density at radius 2 is 1.95 bits per heavy atom. The number of aromatic nitrogens is 1. The van der Waals surface area contributed by atoms with E-state index in [0.717, 1.165) is 24.6 Å². The largest absolute Gasteiger partial charge is 0.573 e. The quantitative estimate of drug-likeness (QED) is 0.908. The van der Waals surface area contributed by atoms with E-state index < -0.39 is 6.36 Å². The molecule has 0 aliphatic heterocycles. The third-order valence-corrected chi connectivity index (χ3v) is 3.07. The van der Waals surface area contributed by atoms with Crippen LogP contribution in [0.25, 0.3) is 10.9 Å². The molecule has 1 aliphatic carbocycles. The van der Waals surface area contributed by atoms with Crippen LogP contribution in [0.15, 0.2) is 29.1 Å². The monoisotopic (exact) mass is 269 g/mol. The number of H-pyrrole nitrogens is 1. The van der Waals surface area contributed by atoms with Crippen molar-refractivity contribution in [1.29, 1.82) is 0 Å². The molecule has 1 fully saturated rings. The fourth-order valence-electron chi connectivity index (χ4n) is 2.06. The van der Waals surface area contributed by atoms with E-state index in [-0.39, 0.29) is 16.6 Å². The Labute approximate surface area is 106 Å². The number of hydrogen-bond acceptors (Lipinski definition) is 2. The van der Waals surface area contributed by atoms with Gasteiger partial charge in [0.05, 0.1) is 0 Å². The molecule has 1 aromatic carbocycles. The molecule has 0 amide bonds. The summed E-state index contributed by atoms with van der Waals surface area (Å²) in [6.07, 6.45) is -2.68. The van der Waals surface area contributed by atoms with E-state index >= 15 is 0 Å². The van der Waals surface area contributed by atoms with E-state index in [9.17, 15) is 18.0 Å². The van der Waals surface area contributed by atoms with Crippen LogP contribution in [-0.4, -0.2) is 11.3 Å². The van der Waals surface area contributed by atoms with Gasteiger partial charge in [0.1, 0.15) is 5.75 Å². The zero-order chi connectivity index (χ0) is 13.6. The molecule has 19 heavy (non-hydrogen) atoms. The van der Waals surface area contributed by atoms with E-state index in [1.165, 1.54) is 18.2 Å². The zero-order valence-corrected chi connectivity index (χ0v) is 9.75. The standard InChI is InChI=1S/C13H10F3NO2/c14-13(15,16)19-8-3-4-10-9(5-8)12(18)6-11(17-10)7-1-2-7/h3-7H,1-2H2,(H,17,18). The molecule has 0 atom stereocenters. The summed E-state index contributed by atoms with van der Waals surface area (Å²) in [4.78, 5) is 15.0. The van der Waals surface area contributed by atoms with Crippen molar-refractivity contribution in [3.05, 3.63) is 40.2 Å². The molecular weight excluding hydrogens is 259 g/mol. The topological polar surface area (TPSA) is 42.1 Å². The first kappa shape index (κ1) is 12.1. The van der Waals surface area contributed by atoms with Crippen molar-refractivity contribution in [2.24, 2.45) is 0 Å². The normalized spacial score (nSPS) is 15.7. The number of nitrogens with one attached hydrogen (secondary N) is 1.